The number of carboxylic acids is 2. The molecule has 0 aliphatic heterocycles. The van der Waals surface area contributed by atoms with Gasteiger partial charge in [-0.2, -0.15) is 0 Å². The fraction of sp³-hybridized carbons (Fsp3) is 0.100. The SMILES string of the molecule is Cc1ccccc1C(=N)N.O=C(O)C(=O)O. The number of carbonyl (C=O) groups is 2. The van der Waals surface area contributed by atoms with Crippen LogP contribution in [-0.4, -0.2) is 28.0 Å². The summed E-state index contributed by atoms with van der Waals surface area (Å²) in [5.74, 6) is -3.51. The Bertz CT molecular complexity index is 403. The number of amidine groups is 1. The first-order valence-electron chi connectivity index (χ1n) is 4.22. The largest absolute Gasteiger partial charge is 0.473 e. The van der Waals surface area contributed by atoms with Gasteiger partial charge in [-0.3, -0.25) is 5.41 Å². The van der Waals surface area contributed by atoms with E-state index in [1.54, 1.807) is 0 Å². The number of aryl methyl sites for hydroxylation is 1. The molecule has 1 aromatic rings. The van der Waals surface area contributed by atoms with Gasteiger partial charge in [0.2, 0.25) is 0 Å². The third kappa shape index (κ3) is 4.75. The molecule has 0 aliphatic rings. The quantitative estimate of drug-likeness (QED) is 0.313. The number of nitrogens with two attached hydrogens (primary N) is 1. The van der Waals surface area contributed by atoms with Crippen molar-refractivity contribution >= 4 is 17.8 Å². The maximum atomic E-state index is 9.10. The highest BCUT2D eigenvalue weighted by atomic mass is 16.4. The molecule has 0 aromatic heterocycles. The summed E-state index contributed by atoms with van der Waals surface area (Å²) in [5, 5.41) is 21.9. The zero-order valence-corrected chi connectivity index (χ0v) is 8.60. The molecule has 0 atom stereocenters. The van der Waals surface area contributed by atoms with E-state index >= 15 is 0 Å². The normalized spacial score (nSPS) is 8.56. The van der Waals surface area contributed by atoms with Crippen LogP contribution < -0.4 is 5.73 Å². The predicted octanol–water partition coefficient (Wildman–Crippen LogP) is 0.435. The minimum absolute atomic E-state index is 0.137. The van der Waals surface area contributed by atoms with Crippen molar-refractivity contribution in [2.45, 2.75) is 6.92 Å². The van der Waals surface area contributed by atoms with E-state index < -0.39 is 11.9 Å². The summed E-state index contributed by atoms with van der Waals surface area (Å²) in [6.07, 6.45) is 0. The van der Waals surface area contributed by atoms with E-state index in [0.717, 1.165) is 11.1 Å². The fourth-order valence-electron chi connectivity index (χ4n) is 0.875. The van der Waals surface area contributed by atoms with Gasteiger partial charge in [0.15, 0.2) is 0 Å². The van der Waals surface area contributed by atoms with Crippen LogP contribution in [0.1, 0.15) is 11.1 Å². The summed E-state index contributed by atoms with van der Waals surface area (Å²) < 4.78 is 0. The molecular formula is C10H12N2O4. The highest BCUT2D eigenvalue weighted by Crippen LogP contribution is 2.04. The Morgan fingerprint density at radius 3 is 1.88 bits per heavy atom. The average molecular weight is 224 g/mol. The van der Waals surface area contributed by atoms with Gasteiger partial charge in [0, 0.05) is 5.56 Å². The highest BCUT2D eigenvalue weighted by Gasteiger charge is 2.04. The molecule has 0 saturated carbocycles. The second-order valence-corrected chi connectivity index (χ2v) is 2.84. The summed E-state index contributed by atoms with van der Waals surface area (Å²) >= 11 is 0. The first kappa shape index (κ1) is 13.6. The van der Waals surface area contributed by atoms with Crippen LogP contribution in [0.4, 0.5) is 0 Å². The van der Waals surface area contributed by atoms with Crippen LogP contribution in [0.5, 0.6) is 0 Å². The molecule has 1 rings (SSSR count). The maximum absolute atomic E-state index is 9.10. The number of aliphatic carboxylic acids is 2. The van der Waals surface area contributed by atoms with Crippen molar-refractivity contribution in [3.05, 3.63) is 35.4 Å². The van der Waals surface area contributed by atoms with Crippen LogP contribution in [0.15, 0.2) is 24.3 Å². The first-order valence-corrected chi connectivity index (χ1v) is 4.22. The Kier molecular flexibility index (Phi) is 5.26. The maximum Gasteiger partial charge on any atom is 0.414 e. The minimum Gasteiger partial charge on any atom is -0.473 e. The van der Waals surface area contributed by atoms with E-state index in [9.17, 15) is 0 Å². The van der Waals surface area contributed by atoms with E-state index in [-0.39, 0.29) is 5.84 Å². The molecule has 0 spiro atoms. The van der Waals surface area contributed by atoms with Crippen molar-refractivity contribution in [1.29, 1.82) is 5.41 Å². The molecule has 6 nitrogen and oxygen atoms in total. The van der Waals surface area contributed by atoms with Crippen LogP contribution in [0.25, 0.3) is 0 Å². The lowest BCUT2D eigenvalue weighted by atomic mass is 10.1. The van der Waals surface area contributed by atoms with Crippen molar-refractivity contribution in [1.82, 2.24) is 0 Å². The van der Waals surface area contributed by atoms with E-state index in [2.05, 4.69) is 0 Å². The molecule has 0 bridgehead atoms. The van der Waals surface area contributed by atoms with Gasteiger partial charge in [0.1, 0.15) is 5.84 Å². The van der Waals surface area contributed by atoms with Crippen molar-refractivity contribution in [2.24, 2.45) is 5.73 Å². The number of hydrogen-bond acceptors (Lipinski definition) is 3. The topological polar surface area (TPSA) is 124 Å². The Labute approximate surface area is 91.8 Å². The standard InChI is InChI=1S/C8H10N2.C2H2O4/c1-6-4-2-3-5-7(6)8(9)10;3-1(4)2(5)6/h2-5H,1H3,(H3,9,10);(H,3,4)(H,5,6). The summed E-state index contributed by atoms with van der Waals surface area (Å²) in [4.78, 5) is 18.2. The molecule has 0 radical (unpaired) electrons. The van der Waals surface area contributed by atoms with Gasteiger partial charge < -0.3 is 15.9 Å². The highest BCUT2D eigenvalue weighted by molar-refractivity contribution is 6.27. The Hall–Kier alpha value is -2.37. The van der Waals surface area contributed by atoms with E-state index in [1.165, 1.54) is 0 Å². The second kappa shape index (κ2) is 6.18. The number of hydrogen-bond donors (Lipinski definition) is 4. The van der Waals surface area contributed by atoms with Gasteiger partial charge in [-0.05, 0) is 12.5 Å². The lowest BCUT2D eigenvalue weighted by Gasteiger charge is -2.00. The van der Waals surface area contributed by atoms with Crippen LogP contribution in [0, 0.1) is 12.3 Å². The molecule has 0 heterocycles. The number of rotatable bonds is 1. The molecule has 86 valence electrons. The molecule has 0 saturated heterocycles. The molecule has 0 amide bonds. The van der Waals surface area contributed by atoms with Gasteiger partial charge in [0.25, 0.3) is 0 Å². The third-order valence-electron chi connectivity index (χ3n) is 1.62. The van der Waals surface area contributed by atoms with Crippen LogP contribution in [0.2, 0.25) is 0 Å². The molecule has 16 heavy (non-hydrogen) atoms. The zero-order valence-electron chi connectivity index (χ0n) is 8.60. The van der Waals surface area contributed by atoms with E-state index in [4.69, 9.17) is 30.9 Å². The summed E-state index contributed by atoms with van der Waals surface area (Å²) in [6.45, 7) is 1.94. The monoisotopic (exact) mass is 224 g/mol. The van der Waals surface area contributed by atoms with Gasteiger partial charge in [-0.15, -0.1) is 0 Å². The van der Waals surface area contributed by atoms with E-state index in [0.29, 0.717) is 0 Å². The van der Waals surface area contributed by atoms with Gasteiger partial charge in [-0.25, -0.2) is 9.59 Å². The molecular weight excluding hydrogens is 212 g/mol. The van der Waals surface area contributed by atoms with E-state index in [1.807, 2.05) is 31.2 Å². The van der Waals surface area contributed by atoms with Crippen molar-refractivity contribution < 1.29 is 19.8 Å². The smallest absolute Gasteiger partial charge is 0.414 e. The third-order valence-corrected chi connectivity index (χ3v) is 1.62. The minimum atomic E-state index is -1.82. The molecule has 0 aliphatic carbocycles. The van der Waals surface area contributed by atoms with Gasteiger partial charge in [0.05, 0.1) is 0 Å². The molecule has 1 aromatic carbocycles. The summed E-state index contributed by atoms with van der Waals surface area (Å²) in [6, 6.07) is 7.60. The lowest BCUT2D eigenvalue weighted by Crippen LogP contribution is -2.12. The van der Waals surface area contributed by atoms with Gasteiger partial charge >= 0.3 is 11.9 Å². The zero-order chi connectivity index (χ0) is 12.7. The molecule has 5 N–H and O–H groups in total. The van der Waals surface area contributed by atoms with Gasteiger partial charge in [-0.1, -0.05) is 24.3 Å². The van der Waals surface area contributed by atoms with Crippen molar-refractivity contribution in [2.75, 3.05) is 0 Å². The van der Waals surface area contributed by atoms with Crippen LogP contribution >= 0.6 is 0 Å². The number of nitrogens with one attached hydrogen (secondary N) is 1. The summed E-state index contributed by atoms with van der Waals surface area (Å²) in [5.41, 5.74) is 7.17. The molecule has 6 heteroatoms. The van der Waals surface area contributed by atoms with Crippen LogP contribution in [-0.2, 0) is 9.59 Å². The average Bonchev–Trinajstić information content (AvgIpc) is 2.18. The number of carboxylic acid groups (broad SMARTS) is 2. The number of benzene rings is 1. The number of nitrogen functional groups attached to an aromatic ring is 1. The van der Waals surface area contributed by atoms with Crippen LogP contribution in [0.3, 0.4) is 0 Å². The van der Waals surface area contributed by atoms with Crippen molar-refractivity contribution in [3.8, 4) is 0 Å². The Balaban J connectivity index is 0.000000325. The predicted molar refractivity (Wildman–Crippen MR) is 57.5 cm³/mol. The summed E-state index contributed by atoms with van der Waals surface area (Å²) in [7, 11) is 0. The Morgan fingerprint density at radius 2 is 1.62 bits per heavy atom. The van der Waals surface area contributed by atoms with Crippen molar-refractivity contribution in [3.63, 3.8) is 0 Å². The molecule has 0 fully saturated rings. The molecule has 0 unspecified atom stereocenters. The second-order valence-electron chi connectivity index (χ2n) is 2.84. The lowest BCUT2D eigenvalue weighted by molar-refractivity contribution is -0.159. The fourth-order valence-corrected chi connectivity index (χ4v) is 0.875. The first-order chi connectivity index (χ1) is 7.36. The Morgan fingerprint density at radius 1 is 1.19 bits per heavy atom.